The van der Waals surface area contributed by atoms with Gasteiger partial charge in [0.25, 0.3) is 0 Å². The summed E-state index contributed by atoms with van der Waals surface area (Å²) in [6, 6.07) is 10.4. The van der Waals surface area contributed by atoms with E-state index in [0.29, 0.717) is 5.88 Å². The Hall–Kier alpha value is -1.41. The molecule has 2 nitrogen and oxygen atoms in total. The van der Waals surface area contributed by atoms with Crippen LogP contribution >= 0.6 is 11.6 Å². The number of aryl methyl sites for hydroxylation is 3. The minimum absolute atomic E-state index is 0.488. The van der Waals surface area contributed by atoms with E-state index in [9.17, 15) is 0 Å². The van der Waals surface area contributed by atoms with Crippen molar-refractivity contribution in [3.63, 3.8) is 0 Å². The van der Waals surface area contributed by atoms with Crippen LogP contribution in [0.4, 0.5) is 0 Å². The third kappa shape index (κ3) is 3.30. The van der Waals surface area contributed by atoms with Crippen molar-refractivity contribution < 1.29 is 0 Å². The van der Waals surface area contributed by atoms with Gasteiger partial charge in [0.1, 0.15) is 5.82 Å². The summed E-state index contributed by atoms with van der Waals surface area (Å²) in [6.07, 6.45) is 4.62. The molecule has 0 bridgehead atoms. The first-order valence-corrected chi connectivity index (χ1v) is 6.80. The zero-order valence-corrected chi connectivity index (χ0v) is 11.3. The SMILES string of the molecule is CCc1nc(CCc2ccccc2)ncc1CCl. The third-order valence-electron chi connectivity index (χ3n) is 2.96. The molecular formula is C15H17ClN2. The van der Waals surface area contributed by atoms with Gasteiger partial charge in [-0.2, -0.15) is 0 Å². The summed E-state index contributed by atoms with van der Waals surface area (Å²) in [4.78, 5) is 8.96. The number of hydrogen-bond acceptors (Lipinski definition) is 2. The van der Waals surface area contributed by atoms with Crippen LogP contribution < -0.4 is 0 Å². The van der Waals surface area contributed by atoms with Gasteiger partial charge in [0.15, 0.2) is 0 Å². The van der Waals surface area contributed by atoms with E-state index < -0.39 is 0 Å². The van der Waals surface area contributed by atoms with Gasteiger partial charge in [-0.15, -0.1) is 11.6 Å². The highest BCUT2D eigenvalue weighted by molar-refractivity contribution is 6.17. The van der Waals surface area contributed by atoms with E-state index in [4.69, 9.17) is 11.6 Å². The van der Waals surface area contributed by atoms with E-state index in [1.54, 1.807) is 0 Å². The Morgan fingerprint density at radius 2 is 1.89 bits per heavy atom. The van der Waals surface area contributed by atoms with Crippen molar-refractivity contribution >= 4 is 11.6 Å². The van der Waals surface area contributed by atoms with Gasteiger partial charge in [0, 0.05) is 23.9 Å². The molecule has 94 valence electrons. The fourth-order valence-electron chi connectivity index (χ4n) is 1.92. The molecule has 0 spiro atoms. The molecular weight excluding hydrogens is 244 g/mol. The highest BCUT2D eigenvalue weighted by Crippen LogP contribution is 2.11. The van der Waals surface area contributed by atoms with Gasteiger partial charge in [-0.1, -0.05) is 37.3 Å². The van der Waals surface area contributed by atoms with Crippen molar-refractivity contribution in [2.75, 3.05) is 0 Å². The molecule has 0 saturated heterocycles. The normalized spacial score (nSPS) is 10.6. The van der Waals surface area contributed by atoms with Gasteiger partial charge in [0.2, 0.25) is 0 Å². The van der Waals surface area contributed by atoms with Crippen molar-refractivity contribution in [1.82, 2.24) is 9.97 Å². The molecule has 0 saturated carbocycles. The summed E-state index contributed by atoms with van der Waals surface area (Å²) in [5.41, 5.74) is 3.44. The minimum Gasteiger partial charge on any atom is -0.241 e. The maximum absolute atomic E-state index is 5.86. The van der Waals surface area contributed by atoms with Crippen molar-refractivity contribution in [3.05, 3.63) is 59.2 Å². The molecule has 0 N–H and O–H groups in total. The van der Waals surface area contributed by atoms with Gasteiger partial charge >= 0.3 is 0 Å². The molecule has 0 atom stereocenters. The molecule has 0 radical (unpaired) electrons. The maximum atomic E-state index is 5.86. The van der Waals surface area contributed by atoms with E-state index in [2.05, 4.69) is 41.2 Å². The quantitative estimate of drug-likeness (QED) is 0.768. The maximum Gasteiger partial charge on any atom is 0.128 e. The number of hydrogen-bond donors (Lipinski definition) is 0. The Labute approximate surface area is 113 Å². The molecule has 2 aromatic rings. The predicted molar refractivity (Wildman–Crippen MR) is 74.8 cm³/mol. The molecule has 2 rings (SSSR count). The Bertz CT molecular complexity index is 497. The summed E-state index contributed by atoms with van der Waals surface area (Å²) in [7, 11) is 0. The van der Waals surface area contributed by atoms with Crippen LogP contribution in [0.25, 0.3) is 0 Å². The summed E-state index contributed by atoms with van der Waals surface area (Å²) >= 11 is 5.86. The number of rotatable bonds is 5. The van der Waals surface area contributed by atoms with Crippen molar-refractivity contribution in [1.29, 1.82) is 0 Å². The largest absolute Gasteiger partial charge is 0.241 e. The lowest BCUT2D eigenvalue weighted by molar-refractivity contribution is 0.821. The summed E-state index contributed by atoms with van der Waals surface area (Å²) in [6.45, 7) is 2.10. The summed E-state index contributed by atoms with van der Waals surface area (Å²) in [5.74, 6) is 1.40. The number of aromatic nitrogens is 2. The van der Waals surface area contributed by atoms with E-state index in [1.165, 1.54) is 5.56 Å². The standard InChI is InChI=1S/C15H17ClN2/c1-2-14-13(10-16)11-17-15(18-14)9-8-12-6-4-3-5-7-12/h3-7,11H,2,8-10H2,1H3. The lowest BCUT2D eigenvalue weighted by Crippen LogP contribution is -2.04. The number of nitrogens with zero attached hydrogens (tertiary/aromatic N) is 2. The van der Waals surface area contributed by atoms with Crippen LogP contribution in [0.3, 0.4) is 0 Å². The van der Waals surface area contributed by atoms with E-state index in [0.717, 1.165) is 36.3 Å². The number of alkyl halides is 1. The second-order valence-electron chi connectivity index (χ2n) is 4.23. The number of benzene rings is 1. The van der Waals surface area contributed by atoms with Gasteiger partial charge < -0.3 is 0 Å². The van der Waals surface area contributed by atoms with Crippen LogP contribution in [0, 0.1) is 0 Å². The zero-order valence-electron chi connectivity index (χ0n) is 10.6. The Morgan fingerprint density at radius 1 is 1.11 bits per heavy atom. The average Bonchev–Trinajstić information content (AvgIpc) is 2.45. The van der Waals surface area contributed by atoms with Crippen LogP contribution in [0.1, 0.15) is 29.6 Å². The second kappa shape index (κ2) is 6.50. The Balaban J connectivity index is 2.06. The highest BCUT2D eigenvalue weighted by atomic mass is 35.5. The van der Waals surface area contributed by atoms with Crippen LogP contribution in [0.5, 0.6) is 0 Å². The molecule has 0 aliphatic rings. The molecule has 18 heavy (non-hydrogen) atoms. The predicted octanol–water partition coefficient (Wildman–Crippen LogP) is 3.56. The molecule has 0 amide bonds. The molecule has 1 heterocycles. The second-order valence-corrected chi connectivity index (χ2v) is 4.50. The fraction of sp³-hybridized carbons (Fsp3) is 0.333. The van der Waals surface area contributed by atoms with Crippen LogP contribution in [0.15, 0.2) is 36.5 Å². The van der Waals surface area contributed by atoms with E-state index >= 15 is 0 Å². The minimum atomic E-state index is 0.488. The lowest BCUT2D eigenvalue weighted by atomic mass is 10.1. The number of halogens is 1. The smallest absolute Gasteiger partial charge is 0.128 e. The van der Waals surface area contributed by atoms with E-state index in [-0.39, 0.29) is 0 Å². The first-order valence-electron chi connectivity index (χ1n) is 6.27. The topological polar surface area (TPSA) is 25.8 Å². The lowest BCUT2D eigenvalue weighted by Gasteiger charge is -2.06. The summed E-state index contributed by atoms with van der Waals surface area (Å²) in [5, 5.41) is 0. The highest BCUT2D eigenvalue weighted by Gasteiger charge is 2.05. The van der Waals surface area contributed by atoms with Gasteiger partial charge in [0.05, 0.1) is 5.88 Å². The zero-order chi connectivity index (χ0) is 12.8. The Morgan fingerprint density at radius 3 is 2.56 bits per heavy atom. The van der Waals surface area contributed by atoms with Crippen molar-refractivity contribution in [2.45, 2.75) is 32.1 Å². The van der Waals surface area contributed by atoms with E-state index in [1.807, 2.05) is 12.3 Å². The summed E-state index contributed by atoms with van der Waals surface area (Å²) < 4.78 is 0. The van der Waals surface area contributed by atoms with Gasteiger partial charge in [-0.3, -0.25) is 0 Å². The fourth-order valence-corrected chi connectivity index (χ4v) is 2.15. The van der Waals surface area contributed by atoms with Crippen molar-refractivity contribution in [2.24, 2.45) is 0 Å². The molecule has 0 fully saturated rings. The molecule has 3 heteroatoms. The average molecular weight is 261 g/mol. The van der Waals surface area contributed by atoms with Gasteiger partial charge in [-0.05, 0) is 18.4 Å². The Kier molecular flexibility index (Phi) is 4.71. The molecule has 1 aromatic heterocycles. The van der Waals surface area contributed by atoms with Gasteiger partial charge in [-0.25, -0.2) is 9.97 Å². The molecule has 0 unspecified atom stereocenters. The van der Waals surface area contributed by atoms with Crippen LogP contribution in [-0.2, 0) is 25.1 Å². The third-order valence-corrected chi connectivity index (χ3v) is 3.25. The van der Waals surface area contributed by atoms with Crippen LogP contribution in [-0.4, -0.2) is 9.97 Å². The van der Waals surface area contributed by atoms with Crippen LogP contribution in [0.2, 0.25) is 0 Å². The molecule has 0 aliphatic carbocycles. The molecule has 0 aliphatic heterocycles. The monoisotopic (exact) mass is 260 g/mol. The first kappa shape index (κ1) is 13.0. The van der Waals surface area contributed by atoms with Crippen molar-refractivity contribution in [3.8, 4) is 0 Å². The first-order chi connectivity index (χ1) is 8.83. The molecule has 1 aromatic carbocycles.